The molecule has 2 aliphatic heterocycles. The number of rotatable bonds is 7. The Labute approximate surface area is 203 Å². The summed E-state index contributed by atoms with van der Waals surface area (Å²) in [6.45, 7) is 3.53. The Morgan fingerprint density at radius 3 is 2.32 bits per heavy atom. The van der Waals surface area contributed by atoms with Crippen LogP contribution in [-0.2, 0) is 21.4 Å². The monoisotopic (exact) mass is 485 g/mol. The highest BCUT2D eigenvalue weighted by atomic mass is 32.2. The Kier molecular flexibility index (Phi) is 8.24. The molecule has 7 nitrogen and oxygen atoms in total. The molecule has 0 unspecified atom stereocenters. The minimum absolute atomic E-state index is 0.0628. The van der Waals surface area contributed by atoms with E-state index in [9.17, 15) is 13.2 Å². The second-order valence-corrected chi connectivity index (χ2v) is 11.2. The highest BCUT2D eigenvalue weighted by Gasteiger charge is 2.27. The molecule has 0 radical (unpaired) electrons. The number of carbonyl (C=O) groups excluding carboxylic acids is 1. The Balaban J connectivity index is 1.44. The van der Waals surface area contributed by atoms with Crippen molar-refractivity contribution in [3.8, 4) is 0 Å². The number of hydrogen-bond acceptors (Lipinski definition) is 5. The molecule has 34 heavy (non-hydrogen) atoms. The van der Waals surface area contributed by atoms with Gasteiger partial charge in [0.15, 0.2) is 0 Å². The topological polar surface area (TPSA) is 74.1 Å². The van der Waals surface area contributed by atoms with Crippen LogP contribution in [0.25, 0.3) is 6.08 Å². The van der Waals surface area contributed by atoms with Crippen LogP contribution in [0.2, 0.25) is 0 Å². The number of nitrogens with zero attached hydrogens (tertiary/aromatic N) is 3. The van der Waals surface area contributed by atoms with Gasteiger partial charge < -0.3 is 14.2 Å². The van der Waals surface area contributed by atoms with Crippen molar-refractivity contribution >= 4 is 22.0 Å². The lowest BCUT2D eigenvalue weighted by Crippen LogP contribution is -2.45. The molecule has 1 amide bonds. The standard InChI is InChI=1S/C26H35N3O4S/c1-27-18-14-23(15-19-27)29(21-24-7-6-20-33-24)26(30)13-10-22-8-11-25(12-9-22)34(31,32)28-16-4-2-3-5-17-28/h6-13,20,23H,2-5,14-19,21H2,1H3/b13-10+. The van der Waals surface area contributed by atoms with Gasteiger partial charge in [-0.3, -0.25) is 4.79 Å². The van der Waals surface area contributed by atoms with Gasteiger partial charge in [-0.25, -0.2) is 8.42 Å². The van der Waals surface area contributed by atoms with E-state index in [1.807, 2.05) is 17.0 Å². The first-order chi connectivity index (χ1) is 16.4. The van der Waals surface area contributed by atoms with Gasteiger partial charge in [0.2, 0.25) is 15.9 Å². The van der Waals surface area contributed by atoms with Gasteiger partial charge in [0.05, 0.1) is 17.7 Å². The van der Waals surface area contributed by atoms with Crippen LogP contribution in [0.3, 0.4) is 0 Å². The molecule has 8 heteroatoms. The number of sulfonamides is 1. The molecule has 0 spiro atoms. The number of hydrogen-bond donors (Lipinski definition) is 0. The summed E-state index contributed by atoms with van der Waals surface area (Å²) >= 11 is 0. The summed E-state index contributed by atoms with van der Waals surface area (Å²) in [4.78, 5) is 17.6. The minimum atomic E-state index is -3.48. The third-order valence-corrected chi connectivity index (χ3v) is 8.73. The van der Waals surface area contributed by atoms with Gasteiger partial charge in [-0.15, -0.1) is 0 Å². The van der Waals surface area contributed by atoms with E-state index in [0.717, 1.165) is 62.9 Å². The van der Waals surface area contributed by atoms with E-state index < -0.39 is 10.0 Å². The average Bonchev–Trinajstić information content (AvgIpc) is 3.20. The maximum Gasteiger partial charge on any atom is 0.247 e. The van der Waals surface area contributed by atoms with Crippen LogP contribution in [-0.4, -0.2) is 67.7 Å². The first-order valence-electron chi connectivity index (χ1n) is 12.2. The third kappa shape index (κ3) is 6.17. The zero-order valence-electron chi connectivity index (χ0n) is 19.9. The van der Waals surface area contributed by atoms with Gasteiger partial charge >= 0.3 is 0 Å². The van der Waals surface area contributed by atoms with Crippen molar-refractivity contribution in [2.75, 3.05) is 33.2 Å². The number of benzene rings is 1. The van der Waals surface area contributed by atoms with Crippen LogP contribution >= 0.6 is 0 Å². The fourth-order valence-corrected chi connectivity index (χ4v) is 6.23. The summed E-state index contributed by atoms with van der Waals surface area (Å²) in [6, 6.07) is 10.7. The molecular weight excluding hydrogens is 450 g/mol. The molecule has 1 aromatic carbocycles. The van der Waals surface area contributed by atoms with Crippen molar-refractivity contribution in [3.05, 3.63) is 60.1 Å². The van der Waals surface area contributed by atoms with Crippen molar-refractivity contribution in [2.45, 2.75) is 56.0 Å². The molecule has 0 N–H and O–H groups in total. The molecule has 2 fully saturated rings. The van der Waals surface area contributed by atoms with Gasteiger partial charge in [-0.05, 0) is 81.7 Å². The van der Waals surface area contributed by atoms with Crippen LogP contribution < -0.4 is 0 Å². The summed E-state index contributed by atoms with van der Waals surface area (Å²) in [7, 11) is -1.37. The zero-order chi connectivity index (χ0) is 24.0. The fraction of sp³-hybridized carbons (Fsp3) is 0.500. The predicted molar refractivity (Wildman–Crippen MR) is 132 cm³/mol. The molecule has 0 atom stereocenters. The molecule has 2 aromatic rings. The van der Waals surface area contributed by atoms with E-state index >= 15 is 0 Å². The lowest BCUT2D eigenvalue weighted by molar-refractivity contribution is -0.130. The molecule has 2 aliphatic rings. The van der Waals surface area contributed by atoms with E-state index in [2.05, 4.69) is 11.9 Å². The maximum absolute atomic E-state index is 13.2. The number of furan rings is 1. The van der Waals surface area contributed by atoms with E-state index in [-0.39, 0.29) is 11.9 Å². The lowest BCUT2D eigenvalue weighted by Gasteiger charge is -2.36. The number of likely N-dealkylation sites (tertiary alicyclic amines) is 1. The van der Waals surface area contributed by atoms with E-state index in [1.54, 1.807) is 47.0 Å². The molecular formula is C26H35N3O4S. The number of amides is 1. The van der Waals surface area contributed by atoms with Crippen molar-refractivity contribution in [1.29, 1.82) is 0 Å². The fourth-order valence-electron chi connectivity index (χ4n) is 4.71. The lowest BCUT2D eigenvalue weighted by atomic mass is 10.0. The summed E-state index contributed by atoms with van der Waals surface area (Å²) < 4.78 is 33.1. The summed E-state index contributed by atoms with van der Waals surface area (Å²) in [5.41, 5.74) is 0.796. The highest BCUT2D eigenvalue weighted by molar-refractivity contribution is 7.89. The first-order valence-corrected chi connectivity index (χ1v) is 13.7. The zero-order valence-corrected chi connectivity index (χ0v) is 20.8. The predicted octanol–water partition coefficient (Wildman–Crippen LogP) is 3.98. The molecule has 1 aromatic heterocycles. The second-order valence-electron chi connectivity index (χ2n) is 9.30. The van der Waals surface area contributed by atoms with Gasteiger partial charge in [-0.2, -0.15) is 4.31 Å². The molecule has 0 bridgehead atoms. The first kappa shape index (κ1) is 24.7. The molecule has 0 saturated carbocycles. The normalized spacial score (nSPS) is 19.3. The quantitative estimate of drug-likeness (QED) is 0.555. The Bertz CT molecular complexity index is 1050. The van der Waals surface area contributed by atoms with Crippen LogP contribution in [0.4, 0.5) is 0 Å². The van der Waals surface area contributed by atoms with Crippen LogP contribution in [0, 0.1) is 0 Å². The van der Waals surface area contributed by atoms with Gasteiger partial charge in [0.1, 0.15) is 5.76 Å². The molecule has 4 rings (SSSR count). The van der Waals surface area contributed by atoms with Crippen LogP contribution in [0.1, 0.15) is 49.8 Å². The SMILES string of the molecule is CN1CCC(N(Cc2ccco2)C(=O)/C=C/c2ccc(S(=O)(=O)N3CCCCCC3)cc2)CC1. The smallest absolute Gasteiger partial charge is 0.247 e. The molecule has 3 heterocycles. The van der Waals surface area contributed by atoms with E-state index in [0.29, 0.717) is 24.5 Å². The average molecular weight is 486 g/mol. The summed E-state index contributed by atoms with van der Waals surface area (Å²) in [5, 5.41) is 0. The van der Waals surface area contributed by atoms with Crippen LogP contribution in [0.5, 0.6) is 0 Å². The molecule has 2 saturated heterocycles. The van der Waals surface area contributed by atoms with Gasteiger partial charge in [0, 0.05) is 25.2 Å². The Morgan fingerprint density at radius 2 is 1.71 bits per heavy atom. The van der Waals surface area contributed by atoms with E-state index in [1.165, 1.54) is 0 Å². The van der Waals surface area contributed by atoms with Crippen molar-refractivity contribution < 1.29 is 17.6 Å². The largest absolute Gasteiger partial charge is 0.467 e. The molecule has 184 valence electrons. The highest BCUT2D eigenvalue weighted by Crippen LogP contribution is 2.22. The van der Waals surface area contributed by atoms with Crippen LogP contribution in [0.15, 0.2) is 58.1 Å². The van der Waals surface area contributed by atoms with Crippen molar-refractivity contribution in [1.82, 2.24) is 14.1 Å². The number of piperidine rings is 1. The van der Waals surface area contributed by atoms with Gasteiger partial charge in [0.25, 0.3) is 0 Å². The third-order valence-electron chi connectivity index (χ3n) is 6.82. The van der Waals surface area contributed by atoms with E-state index in [4.69, 9.17) is 4.42 Å². The summed E-state index contributed by atoms with van der Waals surface area (Å²) in [6.07, 6.45) is 10.8. The Morgan fingerprint density at radius 1 is 1.03 bits per heavy atom. The van der Waals surface area contributed by atoms with Gasteiger partial charge in [-0.1, -0.05) is 25.0 Å². The van der Waals surface area contributed by atoms with Crippen molar-refractivity contribution in [2.24, 2.45) is 0 Å². The number of carbonyl (C=O) groups is 1. The maximum atomic E-state index is 13.2. The second kappa shape index (κ2) is 11.3. The summed E-state index contributed by atoms with van der Waals surface area (Å²) in [5.74, 6) is 0.705. The minimum Gasteiger partial charge on any atom is -0.467 e. The Hall–Kier alpha value is -2.42. The molecule has 0 aliphatic carbocycles. The van der Waals surface area contributed by atoms with Crippen molar-refractivity contribution in [3.63, 3.8) is 0 Å².